The number of halogens is 1. The maximum atomic E-state index is 12.4. The average molecular weight is 445 g/mol. The molecule has 150 valence electrons. The lowest BCUT2D eigenvalue weighted by molar-refractivity contribution is -0.123. The van der Waals surface area contributed by atoms with Gasteiger partial charge in [0.15, 0.2) is 6.61 Å². The van der Waals surface area contributed by atoms with Gasteiger partial charge in [0, 0.05) is 11.0 Å². The number of benzene rings is 2. The lowest BCUT2D eigenvalue weighted by atomic mass is 10.0. The zero-order chi connectivity index (χ0) is 19.8. The van der Waals surface area contributed by atoms with Gasteiger partial charge in [-0.15, -0.1) is 0 Å². The lowest BCUT2D eigenvalue weighted by Gasteiger charge is -2.31. The van der Waals surface area contributed by atoms with Gasteiger partial charge in [0.05, 0.1) is 6.04 Å². The molecule has 2 aromatic carbocycles. The molecule has 0 aromatic heterocycles. The topological polar surface area (TPSA) is 41.6 Å². The van der Waals surface area contributed by atoms with E-state index in [1.807, 2.05) is 24.3 Å². The van der Waals surface area contributed by atoms with Crippen LogP contribution in [0.1, 0.15) is 42.9 Å². The van der Waals surface area contributed by atoms with Crippen molar-refractivity contribution in [2.45, 2.75) is 38.6 Å². The predicted molar refractivity (Wildman–Crippen MR) is 117 cm³/mol. The van der Waals surface area contributed by atoms with Gasteiger partial charge in [-0.1, -0.05) is 58.6 Å². The Labute approximate surface area is 176 Å². The van der Waals surface area contributed by atoms with Crippen LogP contribution in [-0.2, 0) is 4.79 Å². The van der Waals surface area contributed by atoms with Crippen LogP contribution < -0.4 is 10.1 Å². The Morgan fingerprint density at radius 1 is 1.04 bits per heavy atom. The van der Waals surface area contributed by atoms with Crippen molar-refractivity contribution in [1.29, 1.82) is 0 Å². The van der Waals surface area contributed by atoms with E-state index in [1.165, 1.54) is 36.8 Å². The monoisotopic (exact) mass is 444 g/mol. The fourth-order valence-electron chi connectivity index (χ4n) is 3.59. The van der Waals surface area contributed by atoms with E-state index in [1.54, 1.807) is 0 Å². The van der Waals surface area contributed by atoms with E-state index in [4.69, 9.17) is 4.74 Å². The van der Waals surface area contributed by atoms with Gasteiger partial charge in [0.1, 0.15) is 5.75 Å². The summed E-state index contributed by atoms with van der Waals surface area (Å²) >= 11 is 3.40. The largest absolute Gasteiger partial charge is 0.484 e. The number of hydrogen-bond acceptors (Lipinski definition) is 3. The molecule has 1 amide bonds. The molecule has 28 heavy (non-hydrogen) atoms. The second-order valence-corrected chi connectivity index (χ2v) is 8.34. The number of hydrogen-bond donors (Lipinski definition) is 1. The minimum atomic E-state index is -0.0881. The highest BCUT2D eigenvalue weighted by atomic mass is 79.9. The number of carbonyl (C=O) groups excluding carboxylic acids is 1. The molecule has 1 N–H and O–H groups in total. The lowest BCUT2D eigenvalue weighted by Crippen LogP contribution is -2.40. The first-order valence-corrected chi connectivity index (χ1v) is 10.9. The maximum absolute atomic E-state index is 12.4. The summed E-state index contributed by atoms with van der Waals surface area (Å²) in [5.41, 5.74) is 2.52. The Morgan fingerprint density at radius 2 is 1.68 bits per heavy atom. The van der Waals surface area contributed by atoms with Gasteiger partial charge in [-0.3, -0.25) is 9.69 Å². The third-order valence-corrected chi connectivity index (χ3v) is 5.75. The highest BCUT2D eigenvalue weighted by Gasteiger charge is 2.22. The van der Waals surface area contributed by atoms with Crippen LogP contribution in [0, 0.1) is 6.92 Å². The third kappa shape index (κ3) is 6.35. The van der Waals surface area contributed by atoms with Gasteiger partial charge in [0.25, 0.3) is 5.91 Å². The van der Waals surface area contributed by atoms with Crippen molar-refractivity contribution in [3.63, 3.8) is 0 Å². The summed E-state index contributed by atoms with van der Waals surface area (Å²) in [5, 5.41) is 3.08. The van der Waals surface area contributed by atoms with Crippen LogP contribution in [0.2, 0.25) is 0 Å². The Hall–Kier alpha value is -1.85. The van der Waals surface area contributed by atoms with E-state index in [-0.39, 0.29) is 18.6 Å². The van der Waals surface area contributed by atoms with Gasteiger partial charge in [0.2, 0.25) is 0 Å². The van der Waals surface area contributed by atoms with Crippen molar-refractivity contribution >= 4 is 21.8 Å². The second kappa shape index (κ2) is 10.6. The fraction of sp³-hybridized carbons (Fsp3) is 0.435. The zero-order valence-corrected chi connectivity index (χ0v) is 18.1. The summed E-state index contributed by atoms with van der Waals surface area (Å²) < 4.78 is 6.58. The number of ether oxygens (including phenoxy) is 1. The molecule has 0 radical (unpaired) electrons. The first kappa shape index (κ1) is 20.9. The van der Waals surface area contributed by atoms with Gasteiger partial charge in [-0.25, -0.2) is 0 Å². The van der Waals surface area contributed by atoms with Crippen LogP contribution >= 0.6 is 15.9 Å². The van der Waals surface area contributed by atoms with Crippen molar-refractivity contribution in [2.24, 2.45) is 0 Å². The number of rotatable bonds is 7. The standard InChI is InChI=1S/C23H29BrN2O2/c1-18-6-8-19(9-7-18)22(26-14-4-2-3-5-15-26)16-25-23(27)17-28-21-12-10-20(24)11-13-21/h6-13,22H,2-5,14-17H2,1H3,(H,25,27)/t22-/m1/s1. The van der Waals surface area contributed by atoms with Crippen molar-refractivity contribution in [1.82, 2.24) is 10.2 Å². The molecule has 0 bridgehead atoms. The number of likely N-dealkylation sites (tertiary alicyclic amines) is 1. The van der Waals surface area contributed by atoms with Gasteiger partial charge in [-0.2, -0.15) is 0 Å². The van der Waals surface area contributed by atoms with E-state index in [9.17, 15) is 4.79 Å². The van der Waals surface area contributed by atoms with Gasteiger partial charge in [-0.05, 0) is 62.7 Å². The number of amides is 1. The predicted octanol–water partition coefficient (Wildman–Crippen LogP) is 4.87. The van der Waals surface area contributed by atoms with E-state index < -0.39 is 0 Å². The van der Waals surface area contributed by atoms with Crippen molar-refractivity contribution in [3.05, 3.63) is 64.1 Å². The molecular weight excluding hydrogens is 416 g/mol. The molecule has 0 unspecified atom stereocenters. The molecule has 1 atom stereocenters. The van der Waals surface area contributed by atoms with Crippen molar-refractivity contribution < 1.29 is 9.53 Å². The van der Waals surface area contributed by atoms with Crippen molar-refractivity contribution in [2.75, 3.05) is 26.2 Å². The molecule has 5 heteroatoms. The number of nitrogens with one attached hydrogen (secondary N) is 1. The summed E-state index contributed by atoms with van der Waals surface area (Å²) in [6.07, 6.45) is 5.04. The molecule has 1 aliphatic rings. The Bertz CT molecular complexity index is 738. The summed E-state index contributed by atoms with van der Waals surface area (Å²) in [5.74, 6) is 0.607. The first-order chi connectivity index (χ1) is 13.6. The summed E-state index contributed by atoms with van der Waals surface area (Å²) in [4.78, 5) is 14.9. The van der Waals surface area contributed by atoms with Crippen LogP contribution in [0.15, 0.2) is 53.0 Å². The van der Waals surface area contributed by atoms with E-state index in [0.29, 0.717) is 12.3 Å². The fourth-order valence-corrected chi connectivity index (χ4v) is 3.86. The van der Waals surface area contributed by atoms with E-state index >= 15 is 0 Å². The molecule has 4 nitrogen and oxygen atoms in total. The second-order valence-electron chi connectivity index (χ2n) is 7.42. The molecule has 1 fully saturated rings. The summed E-state index contributed by atoms with van der Waals surface area (Å²) in [6, 6.07) is 16.4. The average Bonchev–Trinajstić information content (AvgIpc) is 2.98. The first-order valence-electron chi connectivity index (χ1n) is 10.1. The molecule has 2 aromatic rings. The molecule has 0 saturated carbocycles. The summed E-state index contributed by atoms with van der Waals surface area (Å²) in [7, 11) is 0. The Morgan fingerprint density at radius 3 is 2.32 bits per heavy atom. The Kier molecular flexibility index (Phi) is 7.92. The number of carbonyl (C=O) groups is 1. The highest BCUT2D eigenvalue weighted by molar-refractivity contribution is 9.10. The summed E-state index contributed by atoms with van der Waals surface area (Å²) in [6.45, 7) is 4.91. The highest BCUT2D eigenvalue weighted by Crippen LogP contribution is 2.24. The molecule has 0 spiro atoms. The van der Waals surface area contributed by atoms with Gasteiger partial charge >= 0.3 is 0 Å². The van der Waals surface area contributed by atoms with Crippen LogP contribution in [0.3, 0.4) is 0 Å². The molecule has 0 aliphatic carbocycles. The third-order valence-electron chi connectivity index (χ3n) is 5.22. The molecule has 1 aliphatic heterocycles. The van der Waals surface area contributed by atoms with Crippen LogP contribution in [-0.4, -0.2) is 37.0 Å². The zero-order valence-electron chi connectivity index (χ0n) is 16.5. The van der Waals surface area contributed by atoms with Crippen LogP contribution in [0.25, 0.3) is 0 Å². The van der Waals surface area contributed by atoms with E-state index in [0.717, 1.165) is 17.6 Å². The molecule has 1 heterocycles. The van der Waals surface area contributed by atoms with Crippen molar-refractivity contribution in [3.8, 4) is 5.75 Å². The minimum absolute atomic E-state index is 0.0300. The van der Waals surface area contributed by atoms with Gasteiger partial charge < -0.3 is 10.1 Å². The quantitative estimate of drug-likeness (QED) is 0.661. The number of aryl methyl sites for hydroxylation is 1. The number of nitrogens with zero attached hydrogens (tertiary/aromatic N) is 1. The molecular formula is C23H29BrN2O2. The van der Waals surface area contributed by atoms with E-state index in [2.05, 4.69) is 57.3 Å². The van der Waals surface area contributed by atoms with Crippen LogP contribution in [0.4, 0.5) is 0 Å². The van der Waals surface area contributed by atoms with Crippen LogP contribution in [0.5, 0.6) is 5.75 Å². The SMILES string of the molecule is Cc1ccc([C@@H](CNC(=O)COc2ccc(Br)cc2)N2CCCCCC2)cc1. The normalized spacial score (nSPS) is 16.2. The smallest absolute Gasteiger partial charge is 0.258 e. The molecule has 3 rings (SSSR count). The molecule has 1 saturated heterocycles. The maximum Gasteiger partial charge on any atom is 0.258 e. The minimum Gasteiger partial charge on any atom is -0.484 e. The Balaban J connectivity index is 1.59.